The predicted molar refractivity (Wildman–Crippen MR) is 97.6 cm³/mol. The Balaban J connectivity index is 1.49. The van der Waals surface area contributed by atoms with Crippen molar-refractivity contribution in [3.8, 4) is 5.75 Å². The number of nitrogens with zero attached hydrogens (tertiary/aromatic N) is 3. The molecule has 3 heterocycles. The van der Waals surface area contributed by atoms with Crippen molar-refractivity contribution in [2.75, 3.05) is 13.1 Å². The number of rotatable bonds is 4. The van der Waals surface area contributed by atoms with Crippen molar-refractivity contribution >= 4 is 5.91 Å². The summed E-state index contributed by atoms with van der Waals surface area (Å²) in [5.74, 6) is 0.552. The van der Waals surface area contributed by atoms with Gasteiger partial charge in [-0.25, -0.2) is 14.4 Å². The zero-order valence-electron chi connectivity index (χ0n) is 15.3. The molecule has 6 nitrogen and oxygen atoms in total. The first-order chi connectivity index (χ1) is 13.1. The van der Waals surface area contributed by atoms with Crippen LogP contribution >= 0.6 is 0 Å². The van der Waals surface area contributed by atoms with Crippen molar-refractivity contribution in [3.05, 3.63) is 53.4 Å². The SMILES string of the molecule is C[C@H](Oc1cccc(F)c1)C(=O)N1CCC[C@H]1c1ncc2c(n1)CCNC2. The Morgan fingerprint density at radius 2 is 2.33 bits per heavy atom. The van der Waals surface area contributed by atoms with Crippen LogP contribution in [0.15, 0.2) is 30.5 Å². The van der Waals surface area contributed by atoms with Crippen molar-refractivity contribution in [1.29, 1.82) is 0 Å². The number of benzene rings is 1. The van der Waals surface area contributed by atoms with Gasteiger partial charge in [-0.05, 0) is 31.9 Å². The Morgan fingerprint density at radius 1 is 1.44 bits per heavy atom. The number of ether oxygens (including phenoxy) is 1. The molecule has 0 saturated carbocycles. The lowest BCUT2D eigenvalue weighted by atomic mass is 10.1. The van der Waals surface area contributed by atoms with Gasteiger partial charge in [-0.1, -0.05) is 6.07 Å². The maximum absolute atomic E-state index is 13.3. The third-order valence-electron chi connectivity index (χ3n) is 5.12. The highest BCUT2D eigenvalue weighted by Gasteiger charge is 2.35. The van der Waals surface area contributed by atoms with E-state index in [2.05, 4.69) is 10.3 Å². The monoisotopic (exact) mass is 370 g/mol. The Hall–Kier alpha value is -2.54. The number of halogens is 1. The molecule has 1 fully saturated rings. The predicted octanol–water partition coefficient (Wildman–Crippen LogP) is 2.39. The summed E-state index contributed by atoms with van der Waals surface area (Å²) in [6.45, 7) is 4.06. The lowest BCUT2D eigenvalue weighted by molar-refractivity contribution is -0.139. The molecular weight excluding hydrogens is 347 g/mol. The van der Waals surface area contributed by atoms with Gasteiger partial charge < -0.3 is 15.0 Å². The van der Waals surface area contributed by atoms with Crippen LogP contribution in [-0.2, 0) is 17.8 Å². The largest absolute Gasteiger partial charge is 0.481 e. The molecule has 1 amide bonds. The fourth-order valence-electron chi connectivity index (χ4n) is 3.74. The third-order valence-corrected chi connectivity index (χ3v) is 5.12. The molecule has 0 spiro atoms. The van der Waals surface area contributed by atoms with Crippen LogP contribution in [-0.4, -0.2) is 40.0 Å². The summed E-state index contributed by atoms with van der Waals surface area (Å²) in [6.07, 6.45) is 3.80. The molecule has 2 atom stereocenters. The van der Waals surface area contributed by atoms with E-state index in [4.69, 9.17) is 9.72 Å². The Bertz CT molecular complexity index is 844. The quantitative estimate of drug-likeness (QED) is 0.895. The van der Waals surface area contributed by atoms with Crippen LogP contribution in [0, 0.1) is 5.82 Å². The first-order valence-electron chi connectivity index (χ1n) is 9.40. The summed E-state index contributed by atoms with van der Waals surface area (Å²) < 4.78 is 19.0. The molecule has 7 heteroatoms. The Labute approximate surface area is 157 Å². The number of nitrogens with one attached hydrogen (secondary N) is 1. The molecule has 1 aromatic carbocycles. The number of hydrogen-bond donors (Lipinski definition) is 1. The van der Waals surface area contributed by atoms with Gasteiger partial charge in [-0.3, -0.25) is 4.79 Å². The molecule has 0 aliphatic carbocycles. The molecule has 142 valence electrons. The second-order valence-electron chi connectivity index (χ2n) is 7.03. The van der Waals surface area contributed by atoms with Crippen LogP contribution < -0.4 is 10.1 Å². The smallest absolute Gasteiger partial charge is 0.263 e. The van der Waals surface area contributed by atoms with Crippen LogP contribution in [0.2, 0.25) is 0 Å². The van der Waals surface area contributed by atoms with Gasteiger partial charge in [0.1, 0.15) is 11.6 Å². The summed E-state index contributed by atoms with van der Waals surface area (Å²) in [5.41, 5.74) is 2.20. The van der Waals surface area contributed by atoms with Crippen LogP contribution in [0.4, 0.5) is 4.39 Å². The van der Waals surface area contributed by atoms with E-state index in [1.165, 1.54) is 12.1 Å². The van der Waals surface area contributed by atoms with E-state index in [9.17, 15) is 9.18 Å². The molecule has 1 aromatic heterocycles. The van der Waals surface area contributed by atoms with E-state index in [0.29, 0.717) is 18.1 Å². The second kappa shape index (κ2) is 7.60. The van der Waals surface area contributed by atoms with Gasteiger partial charge in [0, 0.05) is 49.6 Å². The third kappa shape index (κ3) is 3.78. The van der Waals surface area contributed by atoms with E-state index in [0.717, 1.165) is 43.6 Å². The van der Waals surface area contributed by atoms with E-state index in [1.54, 1.807) is 24.0 Å². The molecule has 2 aliphatic rings. The summed E-state index contributed by atoms with van der Waals surface area (Å²) in [6, 6.07) is 5.71. The van der Waals surface area contributed by atoms with Gasteiger partial charge in [0.25, 0.3) is 5.91 Å². The Kier molecular flexibility index (Phi) is 5.03. The van der Waals surface area contributed by atoms with Gasteiger partial charge in [0.2, 0.25) is 0 Å². The lowest BCUT2D eigenvalue weighted by Gasteiger charge is -2.27. The van der Waals surface area contributed by atoms with Crippen LogP contribution in [0.5, 0.6) is 5.75 Å². The minimum absolute atomic E-state index is 0.121. The molecule has 0 bridgehead atoms. The zero-order chi connectivity index (χ0) is 18.8. The minimum atomic E-state index is -0.700. The molecule has 27 heavy (non-hydrogen) atoms. The first kappa shape index (κ1) is 17.9. The van der Waals surface area contributed by atoms with Crippen molar-refractivity contribution < 1.29 is 13.9 Å². The fraction of sp³-hybridized carbons (Fsp3) is 0.450. The minimum Gasteiger partial charge on any atom is -0.481 e. The summed E-state index contributed by atoms with van der Waals surface area (Å²) in [7, 11) is 0. The van der Waals surface area contributed by atoms with Gasteiger partial charge in [-0.15, -0.1) is 0 Å². The van der Waals surface area contributed by atoms with Gasteiger partial charge >= 0.3 is 0 Å². The molecule has 1 N–H and O–H groups in total. The van der Waals surface area contributed by atoms with Crippen LogP contribution in [0.25, 0.3) is 0 Å². The standard InChI is InChI=1S/C20H23FN4O2/c1-13(27-16-5-2-4-15(21)10-16)20(26)25-9-3-6-18(25)19-23-12-14-11-22-8-7-17(14)24-19/h2,4-5,10,12-13,18,22H,3,6-9,11H2,1H3/t13-,18-/m0/s1. The molecule has 1 saturated heterocycles. The maximum atomic E-state index is 13.3. The van der Waals surface area contributed by atoms with E-state index < -0.39 is 6.10 Å². The molecule has 2 aliphatic heterocycles. The van der Waals surface area contributed by atoms with Crippen molar-refractivity contribution in [1.82, 2.24) is 20.2 Å². The second-order valence-corrected chi connectivity index (χ2v) is 7.03. The number of likely N-dealkylation sites (tertiary alicyclic amines) is 1. The first-order valence-corrected chi connectivity index (χ1v) is 9.40. The highest BCUT2D eigenvalue weighted by Crippen LogP contribution is 2.31. The zero-order valence-corrected chi connectivity index (χ0v) is 15.3. The van der Waals surface area contributed by atoms with Gasteiger partial charge in [-0.2, -0.15) is 0 Å². The van der Waals surface area contributed by atoms with Crippen molar-refractivity contribution in [2.24, 2.45) is 0 Å². The molecule has 4 rings (SSSR count). The van der Waals surface area contributed by atoms with Crippen molar-refractivity contribution in [2.45, 2.75) is 44.9 Å². The fourth-order valence-corrected chi connectivity index (χ4v) is 3.74. The number of hydrogen-bond acceptors (Lipinski definition) is 5. The Morgan fingerprint density at radius 3 is 3.19 bits per heavy atom. The van der Waals surface area contributed by atoms with Crippen LogP contribution in [0.3, 0.4) is 0 Å². The molecule has 2 aromatic rings. The van der Waals surface area contributed by atoms with Gasteiger partial charge in [0.05, 0.1) is 6.04 Å². The average Bonchev–Trinajstić information content (AvgIpc) is 3.16. The van der Waals surface area contributed by atoms with Crippen molar-refractivity contribution in [3.63, 3.8) is 0 Å². The lowest BCUT2D eigenvalue weighted by Crippen LogP contribution is -2.40. The maximum Gasteiger partial charge on any atom is 0.263 e. The number of aromatic nitrogens is 2. The number of amides is 1. The highest BCUT2D eigenvalue weighted by molar-refractivity contribution is 5.81. The van der Waals surface area contributed by atoms with E-state index >= 15 is 0 Å². The number of carbonyl (C=O) groups is 1. The average molecular weight is 370 g/mol. The van der Waals surface area contributed by atoms with Gasteiger partial charge in [0.15, 0.2) is 11.9 Å². The molecule has 0 unspecified atom stereocenters. The van der Waals surface area contributed by atoms with Crippen LogP contribution in [0.1, 0.15) is 42.9 Å². The topological polar surface area (TPSA) is 67.3 Å². The summed E-state index contributed by atoms with van der Waals surface area (Å²) >= 11 is 0. The number of carbonyl (C=O) groups excluding carboxylic acids is 1. The highest BCUT2D eigenvalue weighted by atomic mass is 19.1. The summed E-state index contributed by atoms with van der Waals surface area (Å²) in [5, 5.41) is 3.31. The molecular formula is C20H23FN4O2. The molecule has 0 radical (unpaired) electrons. The van der Waals surface area contributed by atoms with E-state index in [-0.39, 0.29) is 17.8 Å². The van der Waals surface area contributed by atoms with E-state index in [1.807, 2.05) is 6.20 Å². The normalized spacial score (nSPS) is 20.2. The summed E-state index contributed by atoms with van der Waals surface area (Å²) in [4.78, 5) is 24.0. The number of fused-ring (bicyclic) bond motifs is 1.